The van der Waals surface area contributed by atoms with Crippen LogP contribution < -0.4 is 0 Å². The van der Waals surface area contributed by atoms with Crippen LogP contribution in [0.4, 0.5) is 0 Å². The van der Waals surface area contributed by atoms with Crippen molar-refractivity contribution in [1.82, 2.24) is 9.88 Å². The predicted molar refractivity (Wildman–Crippen MR) is 89.2 cm³/mol. The lowest BCUT2D eigenvalue weighted by Crippen LogP contribution is -2.27. The quantitative estimate of drug-likeness (QED) is 0.861. The average molecular weight is 294 g/mol. The molecule has 0 amide bonds. The van der Waals surface area contributed by atoms with Crippen molar-refractivity contribution in [2.75, 3.05) is 19.6 Å². The van der Waals surface area contributed by atoms with Gasteiger partial charge in [-0.15, -0.1) is 0 Å². The second kappa shape index (κ2) is 7.74. The Bertz CT molecular complexity index is 585. The molecule has 1 unspecified atom stereocenters. The van der Waals surface area contributed by atoms with Crippen molar-refractivity contribution in [1.29, 1.82) is 0 Å². The molecule has 0 saturated heterocycles. The normalized spacial score (nSPS) is 13.3. The summed E-state index contributed by atoms with van der Waals surface area (Å²) in [6, 6.07) is 13.2. The Balaban J connectivity index is 2.38. The van der Waals surface area contributed by atoms with E-state index < -0.39 is 5.60 Å². The number of rotatable bonds is 5. The molecule has 1 N–H and O–H groups in total. The summed E-state index contributed by atoms with van der Waals surface area (Å²) in [5.41, 5.74) is 0.117. The number of pyridine rings is 1. The zero-order chi connectivity index (χ0) is 15.8. The minimum Gasteiger partial charge on any atom is -0.369 e. The SMILES string of the molecule is CCN(CC)CC#CC(O)(c1ccccc1)c1cccnc1. The maximum Gasteiger partial charge on any atom is 0.178 e. The number of nitrogens with zero attached hydrogens (tertiary/aromatic N) is 2. The van der Waals surface area contributed by atoms with E-state index >= 15 is 0 Å². The Kier molecular flexibility index (Phi) is 5.71. The van der Waals surface area contributed by atoms with Gasteiger partial charge >= 0.3 is 0 Å². The molecule has 0 aliphatic rings. The lowest BCUT2D eigenvalue weighted by atomic mass is 9.88. The fraction of sp³-hybridized carbons (Fsp3) is 0.316. The summed E-state index contributed by atoms with van der Waals surface area (Å²) >= 11 is 0. The standard InChI is InChI=1S/C19H22N2O/c1-3-21(4-2)15-9-13-19(22,17-10-6-5-7-11-17)18-12-8-14-20-16-18/h5-8,10-12,14,16,22H,3-4,15H2,1-2H3. The smallest absolute Gasteiger partial charge is 0.178 e. The van der Waals surface area contributed by atoms with Gasteiger partial charge in [0.2, 0.25) is 0 Å². The van der Waals surface area contributed by atoms with Crippen molar-refractivity contribution in [3.8, 4) is 11.8 Å². The Morgan fingerprint density at radius 1 is 1.05 bits per heavy atom. The molecule has 0 spiro atoms. The maximum atomic E-state index is 11.2. The van der Waals surface area contributed by atoms with E-state index in [0.717, 1.165) is 18.7 Å². The van der Waals surface area contributed by atoms with Gasteiger partial charge < -0.3 is 5.11 Å². The van der Waals surface area contributed by atoms with Crippen LogP contribution >= 0.6 is 0 Å². The molecule has 0 radical (unpaired) electrons. The highest BCUT2D eigenvalue weighted by Gasteiger charge is 2.29. The molecule has 0 aliphatic heterocycles. The van der Waals surface area contributed by atoms with Gasteiger partial charge in [-0.25, -0.2) is 0 Å². The zero-order valence-corrected chi connectivity index (χ0v) is 13.2. The van der Waals surface area contributed by atoms with Crippen LogP contribution in [0.2, 0.25) is 0 Å². The van der Waals surface area contributed by atoms with Gasteiger partial charge in [-0.3, -0.25) is 9.88 Å². The Labute approximate surface area is 132 Å². The van der Waals surface area contributed by atoms with Gasteiger partial charge in [-0.1, -0.05) is 62.1 Å². The van der Waals surface area contributed by atoms with Crippen LogP contribution in [0.25, 0.3) is 0 Å². The summed E-state index contributed by atoms with van der Waals surface area (Å²) in [7, 11) is 0. The first kappa shape index (κ1) is 16.2. The summed E-state index contributed by atoms with van der Waals surface area (Å²) < 4.78 is 0. The molecule has 0 aliphatic carbocycles. The summed E-state index contributed by atoms with van der Waals surface area (Å²) in [6.07, 6.45) is 3.36. The molecule has 2 aromatic rings. The molecule has 1 atom stereocenters. The van der Waals surface area contributed by atoms with Crippen LogP contribution in [0.3, 0.4) is 0 Å². The minimum absolute atomic E-state index is 0.641. The second-order valence-corrected chi connectivity index (χ2v) is 5.08. The van der Waals surface area contributed by atoms with Crippen molar-refractivity contribution in [3.05, 3.63) is 66.0 Å². The third kappa shape index (κ3) is 3.73. The number of aliphatic hydroxyl groups is 1. The molecule has 0 bridgehead atoms. The topological polar surface area (TPSA) is 36.4 Å². The highest BCUT2D eigenvalue weighted by molar-refractivity contribution is 5.43. The fourth-order valence-corrected chi connectivity index (χ4v) is 2.29. The maximum absolute atomic E-state index is 11.2. The molecular weight excluding hydrogens is 272 g/mol. The van der Waals surface area contributed by atoms with E-state index in [9.17, 15) is 5.11 Å². The minimum atomic E-state index is -1.33. The predicted octanol–water partition coefficient (Wildman–Crippen LogP) is 2.66. The van der Waals surface area contributed by atoms with Gasteiger partial charge in [0, 0.05) is 23.5 Å². The van der Waals surface area contributed by atoms with Crippen LogP contribution in [-0.4, -0.2) is 34.6 Å². The second-order valence-electron chi connectivity index (χ2n) is 5.08. The number of hydrogen-bond acceptors (Lipinski definition) is 3. The van der Waals surface area contributed by atoms with Gasteiger partial charge in [-0.05, 0) is 19.2 Å². The molecule has 1 aromatic carbocycles. The molecule has 1 heterocycles. The van der Waals surface area contributed by atoms with E-state index in [0.29, 0.717) is 12.1 Å². The van der Waals surface area contributed by atoms with Crippen molar-refractivity contribution >= 4 is 0 Å². The molecule has 3 heteroatoms. The number of hydrogen-bond donors (Lipinski definition) is 1. The van der Waals surface area contributed by atoms with E-state index in [-0.39, 0.29) is 0 Å². The van der Waals surface area contributed by atoms with E-state index in [1.54, 1.807) is 12.4 Å². The van der Waals surface area contributed by atoms with Gasteiger partial charge in [0.25, 0.3) is 0 Å². The van der Waals surface area contributed by atoms with Crippen molar-refractivity contribution in [2.24, 2.45) is 0 Å². The summed E-state index contributed by atoms with van der Waals surface area (Å²) in [5.74, 6) is 6.17. The molecule has 3 nitrogen and oxygen atoms in total. The summed E-state index contributed by atoms with van der Waals surface area (Å²) in [5, 5.41) is 11.2. The lowest BCUT2D eigenvalue weighted by Gasteiger charge is -2.23. The van der Waals surface area contributed by atoms with Crippen LogP contribution in [0.1, 0.15) is 25.0 Å². The molecule has 114 valence electrons. The first-order chi connectivity index (χ1) is 10.7. The Morgan fingerprint density at radius 2 is 1.73 bits per heavy atom. The Hall–Kier alpha value is -2.15. The van der Waals surface area contributed by atoms with Crippen LogP contribution in [0, 0.1) is 11.8 Å². The largest absolute Gasteiger partial charge is 0.369 e. The van der Waals surface area contributed by atoms with Gasteiger partial charge in [-0.2, -0.15) is 0 Å². The van der Waals surface area contributed by atoms with Crippen LogP contribution in [0.15, 0.2) is 54.9 Å². The monoisotopic (exact) mass is 294 g/mol. The average Bonchev–Trinajstić information content (AvgIpc) is 2.60. The van der Waals surface area contributed by atoms with Gasteiger partial charge in [0.15, 0.2) is 5.60 Å². The van der Waals surface area contributed by atoms with Crippen molar-refractivity contribution < 1.29 is 5.11 Å². The molecule has 0 fully saturated rings. The van der Waals surface area contributed by atoms with E-state index in [1.807, 2.05) is 42.5 Å². The van der Waals surface area contributed by atoms with Gasteiger partial charge in [0.1, 0.15) is 0 Å². The summed E-state index contributed by atoms with van der Waals surface area (Å²) in [6.45, 7) is 6.75. The highest BCUT2D eigenvalue weighted by atomic mass is 16.3. The third-order valence-electron chi connectivity index (χ3n) is 3.74. The van der Waals surface area contributed by atoms with Crippen LogP contribution in [0.5, 0.6) is 0 Å². The number of benzene rings is 1. The molecule has 1 aromatic heterocycles. The number of aromatic nitrogens is 1. The third-order valence-corrected chi connectivity index (χ3v) is 3.74. The van der Waals surface area contributed by atoms with E-state index in [2.05, 4.69) is 35.6 Å². The highest BCUT2D eigenvalue weighted by Crippen LogP contribution is 2.28. The molecule has 0 saturated carbocycles. The fourth-order valence-electron chi connectivity index (χ4n) is 2.29. The van der Waals surface area contributed by atoms with Crippen molar-refractivity contribution in [3.63, 3.8) is 0 Å². The Morgan fingerprint density at radius 3 is 2.32 bits per heavy atom. The first-order valence-electron chi connectivity index (χ1n) is 7.61. The van der Waals surface area contributed by atoms with Gasteiger partial charge in [0.05, 0.1) is 6.54 Å². The lowest BCUT2D eigenvalue weighted by molar-refractivity contribution is 0.144. The van der Waals surface area contributed by atoms with Crippen LogP contribution in [-0.2, 0) is 5.60 Å². The zero-order valence-electron chi connectivity index (χ0n) is 13.2. The molecule has 2 rings (SSSR count). The summed E-state index contributed by atoms with van der Waals surface area (Å²) in [4.78, 5) is 6.32. The molecule has 22 heavy (non-hydrogen) atoms. The van der Waals surface area contributed by atoms with E-state index in [4.69, 9.17) is 0 Å². The first-order valence-corrected chi connectivity index (χ1v) is 7.61. The van der Waals surface area contributed by atoms with E-state index in [1.165, 1.54) is 0 Å². The van der Waals surface area contributed by atoms with Crippen molar-refractivity contribution in [2.45, 2.75) is 19.4 Å². The molecular formula is C19H22N2O.